The zero-order chi connectivity index (χ0) is 38.6. The molecule has 11 nitrogen and oxygen atoms in total. The zero-order valence-electron chi connectivity index (χ0n) is 31.9. The number of hydrogen-bond donors (Lipinski definition) is 2. The number of hydrogen-bond acceptors (Lipinski definition) is 9. The van der Waals surface area contributed by atoms with E-state index in [2.05, 4.69) is 24.5 Å². The number of alkyl carbamates (subject to hydrolysis) is 1. The lowest BCUT2D eigenvalue weighted by Gasteiger charge is -2.64. The fourth-order valence-corrected chi connectivity index (χ4v) is 7.92. The molecule has 2 N–H and O–H groups in total. The lowest BCUT2D eigenvalue weighted by Crippen LogP contribution is -2.65. The Kier molecular flexibility index (Phi) is 10.7. The van der Waals surface area contributed by atoms with E-state index in [1.165, 1.54) is 14.2 Å². The first-order valence-electron chi connectivity index (χ1n) is 17.6. The molecule has 3 aliphatic carbocycles. The van der Waals surface area contributed by atoms with Gasteiger partial charge in [0, 0.05) is 12.1 Å². The number of rotatable bonds is 10. The summed E-state index contributed by atoms with van der Waals surface area (Å²) in [6.07, 6.45) is 0.412. The Morgan fingerprint density at radius 2 is 1.58 bits per heavy atom. The molecule has 4 fully saturated rings. The summed E-state index contributed by atoms with van der Waals surface area (Å²) in [4.78, 5) is 40.6. The van der Waals surface area contributed by atoms with E-state index in [4.69, 9.17) is 28.3 Å². The van der Waals surface area contributed by atoms with Gasteiger partial charge in [-0.15, -0.1) is 0 Å². The second kappa shape index (κ2) is 14.1. The third kappa shape index (κ3) is 7.88. The maximum absolute atomic E-state index is 15.6. The summed E-state index contributed by atoms with van der Waals surface area (Å²) in [7, 11) is 1.65. The first-order chi connectivity index (χ1) is 24.1. The molecule has 1 aliphatic heterocycles. The minimum atomic E-state index is -1.88. The summed E-state index contributed by atoms with van der Waals surface area (Å²) in [6, 6.07) is 4.93. The van der Waals surface area contributed by atoms with Crippen LogP contribution in [0.4, 0.5) is 13.6 Å². The molecule has 1 saturated heterocycles. The van der Waals surface area contributed by atoms with Gasteiger partial charge >= 0.3 is 19.2 Å². The van der Waals surface area contributed by atoms with Gasteiger partial charge in [-0.1, -0.05) is 26.0 Å². The second-order valence-electron chi connectivity index (χ2n) is 16.7. The summed E-state index contributed by atoms with van der Waals surface area (Å²) in [6.45, 7) is 16.6. The van der Waals surface area contributed by atoms with Gasteiger partial charge in [-0.2, -0.15) is 0 Å². The summed E-state index contributed by atoms with van der Waals surface area (Å²) in [5.41, 5.74) is -2.44. The van der Waals surface area contributed by atoms with Crippen molar-refractivity contribution in [3.05, 3.63) is 58.7 Å². The van der Waals surface area contributed by atoms with Crippen molar-refractivity contribution in [3.63, 3.8) is 0 Å². The van der Waals surface area contributed by atoms with Crippen molar-refractivity contribution in [1.29, 1.82) is 0 Å². The van der Waals surface area contributed by atoms with E-state index in [1.54, 1.807) is 59.7 Å². The normalized spacial score (nSPS) is 24.5. The largest absolute Gasteiger partial charge is 0.497 e. The minimum Gasteiger partial charge on any atom is -0.497 e. The molecule has 2 amide bonds. The fraction of sp³-hybridized carbons (Fsp3) is 0.605. The number of methoxy groups -OCH3 is 2. The highest BCUT2D eigenvalue weighted by Crippen LogP contribution is 2.65. The van der Waals surface area contributed by atoms with Crippen molar-refractivity contribution in [2.45, 2.75) is 116 Å². The predicted molar refractivity (Wildman–Crippen MR) is 189 cm³/mol. The molecule has 2 bridgehead atoms. The van der Waals surface area contributed by atoms with Crippen LogP contribution in [0.15, 0.2) is 30.3 Å². The zero-order valence-corrected chi connectivity index (χ0v) is 31.9. The topological polar surface area (TPSA) is 131 Å². The van der Waals surface area contributed by atoms with Gasteiger partial charge in [0.15, 0.2) is 0 Å². The molecule has 0 spiro atoms. The SMILES string of the molecule is COc1cc(F)c(C(NC(=O)OC(C)(C)C)C(=O)N[C@@H](Cc2cccc(C(=O)OC(C)(C)C)c2OC)B2OC3C[C@@H]4C[C@@H](C4(C)C)[C@]3(C)O2)c(F)c1. The predicted octanol–water partition coefficient (Wildman–Crippen LogP) is 6.50. The highest BCUT2D eigenvalue weighted by Gasteiger charge is 2.68. The molecule has 1 heterocycles. The van der Waals surface area contributed by atoms with Crippen LogP contribution in [-0.4, -0.2) is 68.2 Å². The molecule has 2 aromatic rings. The van der Waals surface area contributed by atoms with E-state index in [0.29, 0.717) is 11.5 Å². The van der Waals surface area contributed by atoms with Gasteiger partial charge < -0.3 is 38.9 Å². The Balaban J connectivity index is 1.54. The Morgan fingerprint density at radius 3 is 2.13 bits per heavy atom. The number of benzene rings is 2. The molecule has 2 unspecified atom stereocenters. The van der Waals surface area contributed by atoms with Gasteiger partial charge in [-0.3, -0.25) is 4.79 Å². The molecule has 52 heavy (non-hydrogen) atoms. The first kappa shape index (κ1) is 39.3. The number of ether oxygens (including phenoxy) is 4. The molecule has 6 atom stereocenters. The van der Waals surface area contributed by atoms with Crippen LogP contribution in [0.2, 0.25) is 0 Å². The molecule has 3 saturated carbocycles. The van der Waals surface area contributed by atoms with Gasteiger partial charge in [0.05, 0.1) is 37.4 Å². The second-order valence-corrected chi connectivity index (χ2v) is 16.7. The van der Waals surface area contributed by atoms with Crippen LogP contribution in [-0.2, 0) is 30.0 Å². The Bertz CT molecular complexity index is 1680. The smallest absolute Gasteiger partial charge is 0.482 e. The number of halogens is 2. The molecular formula is C38H51BF2N2O9. The monoisotopic (exact) mass is 728 g/mol. The first-order valence-corrected chi connectivity index (χ1v) is 17.6. The number of esters is 1. The minimum absolute atomic E-state index is 0.00321. The van der Waals surface area contributed by atoms with Crippen molar-refractivity contribution in [2.24, 2.45) is 17.3 Å². The summed E-state index contributed by atoms with van der Waals surface area (Å²) >= 11 is 0. The number of para-hydroxylation sites is 1. The summed E-state index contributed by atoms with van der Waals surface area (Å²) in [5, 5.41) is 5.23. The van der Waals surface area contributed by atoms with Crippen LogP contribution in [0.3, 0.4) is 0 Å². The Labute approximate surface area is 304 Å². The van der Waals surface area contributed by atoms with Crippen molar-refractivity contribution in [3.8, 4) is 11.5 Å². The molecule has 284 valence electrons. The molecule has 2 aromatic carbocycles. The van der Waals surface area contributed by atoms with E-state index in [-0.39, 0.29) is 40.9 Å². The fourth-order valence-electron chi connectivity index (χ4n) is 7.92. The third-order valence-corrected chi connectivity index (χ3v) is 10.5. The van der Waals surface area contributed by atoms with Crippen molar-refractivity contribution >= 4 is 25.1 Å². The van der Waals surface area contributed by atoms with E-state index in [0.717, 1.165) is 25.0 Å². The molecule has 6 rings (SSSR count). The van der Waals surface area contributed by atoms with Gasteiger partial charge in [0.1, 0.15) is 45.9 Å². The third-order valence-electron chi connectivity index (χ3n) is 10.5. The van der Waals surface area contributed by atoms with Crippen molar-refractivity contribution in [1.82, 2.24) is 10.6 Å². The van der Waals surface area contributed by atoms with Crippen LogP contribution >= 0.6 is 0 Å². The number of nitrogens with one attached hydrogen (secondary N) is 2. The van der Waals surface area contributed by atoms with E-state index >= 15 is 8.78 Å². The quantitative estimate of drug-likeness (QED) is 0.208. The maximum atomic E-state index is 15.6. The maximum Gasteiger partial charge on any atom is 0.482 e. The van der Waals surface area contributed by atoms with Gasteiger partial charge in [0.25, 0.3) is 0 Å². The van der Waals surface area contributed by atoms with Crippen LogP contribution in [0.25, 0.3) is 0 Å². The lowest BCUT2D eigenvalue weighted by molar-refractivity contribution is -0.199. The van der Waals surface area contributed by atoms with E-state index in [9.17, 15) is 14.4 Å². The number of amides is 2. The van der Waals surface area contributed by atoms with Gasteiger partial charge in [0.2, 0.25) is 5.91 Å². The van der Waals surface area contributed by atoms with Crippen LogP contribution in [0.5, 0.6) is 11.5 Å². The molecule has 0 radical (unpaired) electrons. The average molecular weight is 729 g/mol. The summed E-state index contributed by atoms with van der Waals surface area (Å²) in [5.74, 6) is -4.06. The van der Waals surface area contributed by atoms with Crippen LogP contribution in [0.1, 0.15) is 103 Å². The molecule has 14 heteroatoms. The van der Waals surface area contributed by atoms with E-state index < -0.39 is 71.1 Å². The summed E-state index contributed by atoms with van der Waals surface area (Å²) < 4.78 is 66.2. The highest BCUT2D eigenvalue weighted by atomic mass is 19.1. The number of carbonyl (C=O) groups is 3. The molecule has 4 aliphatic rings. The van der Waals surface area contributed by atoms with Crippen LogP contribution < -0.4 is 20.1 Å². The Morgan fingerprint density at radius 1 is 0.942 bits per heavy atom. The molecular weight excluding hydrogens is 677 g/mol. The standard InChI is InChI=1S/C38H51BF2N2O9/c1-35(2,3)49-33(45)23-14-12-13-20(31(23)48-11)15-28(39-51-27-17-21-16-26(37(21,7)8)38(27,9)52-39)42-32(44)30(43-34(46)50-36(4,5)6)29-24(40)18-22(47-10)19-25(29)41/h12-14,18-19,21,26-28,30H,15-17H2,1-11H3,(H,42,44)(H,43,46)/t21-,26-,27?,28-,30?,38-/m0/s1. The molecule has 0 aromatic heterocycles. The average Bonchev–Trinajstić information content (AvgIpc) is 3.38. The lowest BCUT2D eigenvalue weighted by atomic mass is 9.43. The van der Waals surface area contributed by atoms with E-state index in [1.807, 2.05) is 6.92 Å². The van der Waals surface area contributed by atoms with Crippen molar-refractivity contribution < 1.29 is 51.4 Å². The number of carbonyl (C=O) groups excluding carboxylic acids is 3. The Hall–Kier alpha value is -3.91. The van der Waals surface area contributed by atoms with Gasteiger partial charge in [-0.05, 0) is 96.6 Å². The highest BCUT2D eigenvalue weighted by molar-refractivity contribution is 6.48. The van der Waals surface area contributed by atoms with Crippen LogP contribution in [0, 0.1) is 28.9 Å². The van der Waals surface area contributed by atoms with Gasteiger partial charge in [-0.25, -0.2) is 18.4 Å². The van der Waals surface area contributed by atoms with Crippen molar-refractivity contribution in [2.75, 3.05) is 14.2 Å².